The van der Waals surface area contributed by atoms with Crippen molar-refractivity contribution >= 4 is 28.5 Å². The van der Waals surface area contributed by atoms with Crippen LogP contribution in [0.25, 0.3) is 10.9 Å². The SMILES string of the molecule is CC1(C)C(=O)N(c2ccc(OC(F)(F)F)cc2)C(=O)N1Cc1ccnc2cccc(F)c12. The van der Waals surface area contributed by atoms with Gasteiger partial charge in [-0.1, -0.05) is 6.07 Å². The lowest BCUT2D eigenvalue weighted by molar-refractivity contribution is -0.274. The molecular formula is C22H17F4N3O3. The first-order valence-corrected chi connectivity index (χ1v) is 9.53. The van der Waals surface area contributed by atoms with Crippen molar-refractivity contribution in [2.24, 2.45) is 0 Å². The summed E-state index contributed by atoms with van der Waals surface area (Å²) in [7, 11) is 0. The fourth-order valence-corrected chi connectivity index (χ4v) is 3.66. The first-order valence-electron chi connectivity index (χ1n) is 9.53. The van der Waals surface area contributed by atoms with Gasteiger partial charge in [-0.05, 0) is 61.9 Å². The number of aromatic nitrogens is 1. The fraction of sp³-hybridized carbons (Fsp3) is 0.227. The topological polar surface area (TPSA) is 62.7 Å². The summed E-state index contributed by atoms with van der Waals surface area (Å²) in [4.78, 5) is 32.5. The molecule has 1 fully saturated rings. The Kier molecular flexibility index (Phi) is 5.03. The number of hydrogen-bond donors (Lipinski definition) is 0. The number of urea groups is 1. The molecule has 0 spiro atoms. The van der Waals surface area contributed by atoms with Crippen LogP contribution in [0.2, 0.25) is 0 Å². The minimum atomic E-state index is -4.86. The van der Waals surface area contributed by atoms with Crippen LogP contribution in [0.5, 0.6) is 5.75 Å². The van der Waals surface area contributed by atoms with Crippen molar-refractivity contribution in [1.29, 1.82) is 0 Å². The summed E-state index contributed by atoms with van der Waals surface area (Å²) in [5.74, 6) is -1.54. The minimum Gasteiger partial charge on any atom is -0.406 e. The van der Waals surface area contributed by atoms with Crippen molar-refractivity contribution in [3.05, 3.63) is 66.1 Å². The highest BCUT2D eigenvalue weighted by Crippen LogP contribution is 2.35. The third-order valence-electron chi connectivity index (χ3n) is 5.28. The van der Waals surface area contributed by atoms with Gasteiger partial charge in [0.2, 0.25) is 0 Å². The number of halogens is 4. The van der Waals surface area contributed by atoms with Crippen LogP contribution in [0.4, 0.5) is 28.0 Å². The second-order valence-electron chi connectivity index (χ2n) is 7.71. The van der Waals surface area contributed by atoms with Crippen LogP contribution < -0.4 is 9.64 Å². The Balaban J connectivity index is 1.66. The molecule has 0 N–H and O–H groups in total. The number of anilines is 1. The van der Waals surface area contributed by atoms with E-state index in [-0.39, 0.29) is 17.6 Å². The van der Waals surface area contributed by atoms with Gasteiger partial charge < -0.3 is 9.64 Å². The van der Waals surface area contributed by atoms with E-state index in [0.29, 0.717) is 11.1 Å². The van der Waals surface area contributed by atoms with Crippen LogP contribution in [0.15, 0.2) is 54.7 Å². The largest absolute Gasteiger partial charge is 0.573 e. The second-order valence-corrected chi connectivity index (χ2v) is 7.71. The molecule has 0 saturated carbocycles. The van der Waals surface area contributed by atoms with Gasteiger partial charge in [0.25, 0.3) is 5.91 Å². The van der Waals surface area contributed by atoms with E-state index in [1.807, 2.05) is 0 Å². The van der Waals surface area contributed by atoms with E-state index in [1.165, 1.54) is 35.4 Å². The van der Waals surface area contributed by atoms with Gasteiger partial charge in [-0.15, -0.1) is 13.2 Å². The number of amides is 3. The van der Waals surface area contributed by atoms with Gasteiger partial charge in [-0.2, -0.15) is 0 Å². The molecule has 3 aromatic rings. The van der Waals surface area contributed by atoms with E-state index in [1.54, 1.807) is 26.0 Å². The quantitative estimate of drug-likeness (QED) is 0.416. The molecule has 1 aromatic heterocycles. The number of rotatable bonds is 4. The Morgan fingerprint density at radius 3 is 2.38 bits per heavy atom. The van der Waals surface area contributed by atoms with Crippen molar-refractivity contribution in [1.82, 2.24) is 9.88 Å². The van der Waals surface area contributed by atoms with E-state index in [0.717, 1.165) is 17.0 Å². The molecule has 10 heteroatoms. The van der Waals surface area contributed by atoms with E-state index < -0.39 is 35.4 Å². The summed E-state index contributed by atoms with van der Waals surface area (Å²) < 4.78 is 55.5. The lowest BCUT2D eigenvalue weighted by atomic mass is 10.0. The number of imide groups is 1. The van der Waals surface area contributed by atoms with Crippen molar-refractivity contribution in [3.8, 4) is 5.75 Å². The average Bonchev–Trinajstić information content (AvgIpc) is 2.87. The number of carbonyl (C=O) groups is 2. The van der Waals surface area contributed by atoms with E-state index >= 15 is 0 Å². The highest BCUT2D eigenvalue weighted by molar-refractivity contribution is 6.23. The van der Waals surface area contributed by atoms with Crippen molar-refractivity contribution in [3.63, 3.8) is 0 Å². The maximum Gasteiger partial charge on any atom is 0.573 e. The van der Waals surface area contributed by atoms with Gasteiger partial charge in [-0.3, -0.25) is 9.78 Å². The Morgan fingerprint density at radius 2 is 1.72 bits per heavy atom. The number of alkyl halides is 3. The van der Waals surface area contributed by atoms with Crippen LogP contribution >= 0.6 is 0 Å². The number of hydrogen-bond acceptors (Lipinski definition) is 4. The van der Waals surface area contributed by atoms with Crippen LogP contribution in [0.3, 0.4) is 0 Å². The molecule has 0 unspecified atom stereocenters. The predicted molar refractivity (Wildman–Crippen MR) is 107 cm³/mol. The highest BCUT2D eigenvalue weighted by Gasteiger charge is 2.51. The maximum absolute atomic E-state index is 14.5. The molecule has 0 atom stereocenters. The first-order chi connectivity index (χ1) is 15.0. The highest BCUT2D eigenvalue weighted by atomic mass is 19.4. The maximum atomic E-state index is 14.5. The zero-order chi connectivity index (χ0) is 23.3. The summed E-state index contributed by atoms with van der Waals surface area (Å²) in [6.07, 6.45) is -3.37. The zero-order valence-corrected chi connectivity index (χ0v) is 17.0. The standard InChI is InChI=1S/C22H17F4N3O3/c1-21(2)19(30)29(14-6-8-15(9-7-14)32-22(24,25)26)20(31)28(21)12-13-10-11-27-17-5-3-4-16(23)18(13)17/h3-11H,12H2,1-2H3. The number of nitrogens with zero attached hydrogens (tertiary/aromatic N) is 3. The van der Waals surface area contributed by atoms with Crippen molar-refractivity contribution in [2.45, 2.75) is 32.3 Å². The summed E-state index contributed by atoms with van der Waals surface area (Å²) >= 11 is 0. The molecule has 1 aliphatic heterocycles. The summed E-state index contributed by atoms with van der Waals surface area (Å²) in [5.41, 5.74) is -0.302. The third-order valence-corrected chi connectivity index (χ3v) is 5.28. The van der Waals surface area contributed by atoms with Crippen LogP contribution in [-0.4, -0.2) is 33.7 Å². The number of fused-ring (bicyclic) bond motifs is 1. The Morgan fingerprint density at radius 1 is 1.03 bits per heavy atom. The van der Waals surface area contributed by atoms with Crippen LogP contribution in [-0.2, 0) is 11.3 Å². The zero-order valence-electron chi connectivity index (χ0n) is 17.0. The van der Waals surface area contributed by atoms with Crippen LogP contribution in [0.1, 0.15) is 19.4 Å². The first kappa shape index (κ1) is 21.5. The van der Waals surface area contributed by atoms with Gasteiger partial charge in [-0.25, -0.2) is 14.1 Å². The molecule has 32 heavy (non-hydrogen) atoms. The van der Waals surface area contributed by atoms with Crippen molar-refractivity contribution < 1.29 is 31.9 Å². The molecular weight excluding hydrogens is 430 g/mol. The molecule has 6 nitrogen and oxygen atoms in total. The van der Waals surface area contributed by atoms with Gasteiger partial charge in [0.1, 0.15) is 17.1 Å². The summed E-state index contributed by atoms with van der Waals surface area (Å²) in [6.45, 7) is 3.03. The third kappa shape index (κ3) is 3.72. The molecule has 0 aliphatic carbocycles. The lowest BCUT2D eigenvalue weighted by Crippen LogP contribution is -2.43. The Hall–Kier alpha value is -3.69. The number of benzene rings is 2. The molecule has 3 amide bonds. The normalized spacial score (nSPS) is 16.2. The van der Waals surface area contributed by atoms with E-state index in [9.17, 15) is 27.2 Å². The van der Waals surface area contributed by atoms with Gasteiger partial charge >= 0.3 is 12.4 Å². The predicted octanol–water partition coefficient (Wildman–Crippen LogP) is 5.02. The summed E-state index contributed by atoms with van der Waals surface area (Å²) in [5, 5.41) is 0.248. The van der Waals surface area contributed by atoms with Gasteiger partial charge in [0.15, 0.2) is 0 Å². The van der Waals surface area contributed by atoms with Crippen molar-refractivity contribution in [2.75, 3.05) is 4.90 Å². The van der Waals surface area contributed by atoms with Gasteiger partial charge in [0, 0.05) is 18.1 Å². The minimum absolute atomic E-state index is 0.0662. The van der Waals surface area contributed by atoms with E-state index in [2.05, 4.69) is 9.72 Å². The Labute approximate surface area is 180 Å². The molecule has 2 heterocycles. The molecule has 0 bridgehead atoms. The van der Waals surface area contributed by atoms with Gasteiger partial charge in [0.05, 0.1) is 11.2 Å². The molecule has 1 saturated heterocycles. The second kappa shape index (κ2) is 7.47. The number of pyridine rings is 1. The molecule has 166 valence electrons. The fourth-order valence-electron chi connectivity index (χ4n) is 3.66. The van der Waals surface area contributed by atoms with E-state index in [4.69, 9.17) is 0 Å². The number of carbonyl (C=O) groups excluding carboxylic acids is 2. The smallest absolute Gasteiger partial charge is 0.406 e. The Bertz CT molecular complexity index is 1200. The average molecular weight is 447 g/mol. The molecule has 1 aliphatic rings. The monoisotopic (exact) mass is 447 g/mol. The summed E-state index contributed by atoms with van der Waals surface area (Å²) in [6, 6.07) is 9.77. The molecule has 4 rings (SSSR count). The van der Waals surface area contributed by atoms with Crippen LogP contribution in [0, 0.1) is 5.82 Å². The molecule has 2 aromatic carbocycles. The molecule has 0 radical (unpaired) electrons. The lowest BCUT2D eigenvalue weighted by Gasteiger charge is -2.28. The number of ether oxygens (including phenoxy) is 1.